The lowest BCUT2D eigenvalue weighted by Crippen LogP contribution is -2.10. The van der Waals surface area contributed by atoms with Crippen LogP contribution >= 0.6 is 0 Å². The number of hydrogen-bond acceptors (Lipinski definition) is 3. The molecular formula is C66H45N3O. The highest BCUT2D eigenvalue weighted by molar-refractivity contribution is 6.11. The molecule has 0 aliphatic carbocycles. The Kier molecular flexibility index (Phi) is 10.1. The van der Waals surface area contributed by atoms with Gasteiger partial charge in [0.2, 0.25) is 0 Å². The van der Waals surface area contributed by atoms with Gasteiger partial charge in [-0.25, -0.2) is 0 Å². The van der Waals surface area contributed by atoms with E-state index in [4.69, 9.17) is 4.42 Å². The molecule has 0 saturated heterocycles. The molecule has 70 heavy (non-hydrogen) atoms. The Labute approximate surface area is 406 Å². The number of rotatable bonds is 10. The van der Waals surface area contributed by atoms with Crippen LogP contribution in [0.3, 0.4) is 0 Å². The third-order valence-electron chi connectivity index (χ3n) is 13.6. The minimum Gasteiger partial charge on any atom is -0.455 e. The van der Waals surface area contributed by atoms with Gasteiger partial charge in [0.25, 0.3) is 0 Å². The maximum atomic E-state index is 6.46. The van der Waals surface area contributed by atoms with Gasteiger partial charge in [-0.1, -0.05) is 164 Å². The highest BCUT2D eigenvalue weighted by atomic mass is 16.3. The highest BCUT2D eigenvalue weighted by Crippen LogP contribution is 2.42. The Morgan fingerprint density at radius 3 is 1.26 bits per heavy atom. The van der Waals surface area contributed by atoms with Gasteiger partial charge in [-0.3, -0.25) is 0 Å². The summed E-state index contributed by atoms with van der Waals surface area (Å²) < 4.78 is 8.83. The second kappa shape index (κ2) is 17.4. The third-order valence-corrected chi connectivity index (χ3v) is 13.6. The number of furan rings is 1. The topological polar surface area (TPSA) is 24.6 Å². The lowest BCUT2D eigenvalue weighted by atomic mass is 10.0. The molecule has 2 aromatic heterocycles. The Morgan fingerprint density at radius 2 is 0.686 bits per heavy atom. The first-order valence-corrected chi connectivity index (χ1v) is 23.8. The molecule has 0 amide bonds. The summed E-state index contributed by atoms with van der Waals surface area (Å²) in [4.78, 5) is 4.64. The lowest BCUT2D eigenvalue weighted by molar-refractivity contribution is 0.670. The van der Waals surface area contributed by atoms with E-state index >= 15 is 0 Å². The van der Waals surface area contributed by atoms with Crippen LogP contribution in [-0.4, -0.2) is 4.57 Å². The molecule has 4 nitrogen and oxygen atoms in total. The van der Waals surface area contributed by atoms with Crippen molar-refractivity contribution in [2.75, 3.05) is 9.80 Å². The van der Waals surface area contributed by atoms with Crippen molar-refractivity contribution in [1.82, 2.24) is 4.57 Å². The summed E-state index contributed by atoms with van der Waals surface area (Å²) in [5, 5.41) is 4.73. The van der Waals surface area contributed by atoms with E-state index in [2.05, 4.69) is 275 Å². The largest absolute Gasteiger partial charge is 0.455 e. The van der Waals surface area contributed by atoms with Crippen molar-refractivity contribution in [2.45, 2.75) is 0 Å². The van der Waals surface area contributed by atoms with Crippen LogP contribution in [0.5, 0.6) is 0 Å². The van der Waals surface area contributed by atoms with Gasteiger partial charge < -0.3 is 18.8 Å². The molecule has 0 unspecified atom stereocenters. The first-order chi connectivity index (χ1) is 34.7. The van der Waals surface area contributed by atoms with E-state index in [1.165, 1.54) is 27.4 Å². The second-order valence-corrected chi connectivity index (χ2v) is 17.7. The van der Waals surface area contributed by atoms with Crippen molar-refractivity contribution in [2.24, 2.45) is 0 Å². The van der Waals surface area contributed by atoms with Gasteiger partial charge in [0, 0.05) is 66.9 Å². The SMILES string of the molecule is c1ccc(N(c2ccccc2)c2ccc(-c3ccc(N(c4ccc(-c5ccc6c(c5)c5ccccc5n6-c5ccccc5)cc4)c4ccc(-c5cccc6c5oc5ccccc56)cc4)cc3)cc2)cc1. The molecule has 0 radical (unpaired) electrons. The van der Waals surface area contributed by atoms with Gasteiger partial charge >= 0.3 is 0 Å². The van der Waals surface area contributed by atoms with Crippen molar-refractivity contribution < 1.29 is 4.42 Å². The van der Waals surface area contributed by atoms with Crippen LogP contribution in [0.4, 0.5) is 34.1 Å². The molecule has 0 bridgehead atoms. The number of anilines is 6. The predicted molar refractivity (Wildman–Crippen MR) is 294 cm³/mol. The van der Waals surface area contributed by atoms with E-state index < -0.39 is 0 Å². The smallest absolute Gasteiger partial charge is 0.143 e. The predicted octanol–water partition coefficient (Wildman–Crippen LogP) is 18.6. The van der Waals surface area contributed by atoms with Crippen molar-refractivity contribution in [3.63, 3.8) is 0 Å². The maximum Gasteiger partial charge on any atom is 0.143 e. The van der Waals surface area contributed by atoms with Gasteiger partial charge in [-0.05, 0) is 137 Å². The lowest BCUT2D eigenvalue weighted by Gasteiger charge is -2.26. The first-order valence-electron chi connectivity index (χ1n) is 23.8. The molecule has 11 aromatic carbocycles. The molecule has 0 N–H and O–H groups in total. The standard InChI is InChI=1S/C66H45N3O/c1-4-15-51(16-5-1)67(52-17-6-2-7-18-52)54-36-27-46(28-37-54)47-29-38-55(39-30-47)68(57-42-33-49(34-43-57)58-23-14-24-61-60-22-11-13-26-65(60)70-66(58)61)56-40-31-48(32-41-56)50-35-44-64-62(45-50)59-21-10-12-25-63(59)69(64)53-19-8-3-9-20-53/h1-45H. The van der Waals surface area contributed by atoms with Crippen LogP contribution in [0.2, 0.25) is 0 Å². The molecule has 0 aliphatic heterocycles. The number of hydrogen-bond donors (Lipinski definition) is 0. The van der Waals surface area contributed by atoms with Crippen LogP contribution in [-0.2, 0) is 0 Å². The number of aromatic nitrogens is 1. The molecule has 0 spiro atoms. The summed E-state index contributed by atoms with van der Waals surface area (Å²) >= 11 is 0. The minimum atomic E-state index is 0.899. The summed E-state index contributed by atoms with van der Waals surface area (Å²) in [5.41, 5.74) is 18.7. The van der Waals surface area contributed by atoms with Gasteiger partial charge in [-0.2, -0.15) is 0 Å². The third kappa shape index (κ3) is 7.27. The van der Waals surface area contributed by atoms with Gasteiger partial charge in [-0.15, -0.1) is 0 Å². The fraction of sp³-hybridized carbons (Fsp3) is 0. The number of fused-ring (bicyclic) bond motifs is 6. The number of para-hydroxylation sites is 6. The van der Waals surface area contributed by atoms with E-state index in [0.29, 0.717) is 0 Å². The molecule has 0 atom stereocenters. The zero-order chi connectivity index (χ0) is 46.4. The Morgan fingerprint density at radius 1 is 0.271 bits per heavy atom. The van der Waals surface area contributed by atoms with E-state index in [0.717, 1.165) is 89.6 Å². The van der Waals surface area contributed by atoms with Crippen LogP contribution < -0.4 is 9.80 Å². The van der Waals surface area contributed by atoms with Crippen molar-refractivity contribution in [1.29, 1.82) is 0 Å². The van der Waals surface area contributed by atoms with Gasteiger partial charge in [0.05, 0.1) is 11.0 Å². The first kappa shape index (κ1) is 40.9. The molecule has 0 fully saturated rings. The number of nitrogens with zero attached hydrogens (tertiary/aromatic N) is 3. The Bertz CT molecular complexity index is 3910. The zero-order valence-electron chi connectivity index (χ0n) is 38.2. The fourth-order valence-corrected chi connectivity index (χ4v) is 10.2. The van der Waals surface area contributed by atoms with Crippen molar-refractivity contribution in [3.05, 3.63) is 273 Å². The summed E-state index contributed by atoms with van der Waals surface area (Å²) in [6.45, 7) is 0. The Hall–Kier alpha value is -9.38. The van der Waals surface area contributed by atoms with Crippen molar-refractivity contribution in [3.8, 4) is 39.1 Å². The fourth-order valence-electron chi connectivity index (χ4n) is 10.2. The van der Waals surface area contributed by atoms with Crippen molar-refractivity contribution >= 4 is 77.9 Å². The maximum absolute atomic E-state index is 6.46. The van der Waals surface area contributed by atoms with E-state index in [1.807, 2.05) is 12.1 Å². The van der Waals surface area contributed by atoms with E-state index in [9.17, 15) is 0 Å². The van der Waals surface area contributed by atoms with Crippen LogP contribution in [0.15, 0.2) is 277 Å². The summed E-state index contributed by atoms with van der Waals surface area (Å²) in [6.07, 6.45) is 0. The average Bonchev–Trinajstić information content (AvgIpc) is 3.99. The molecule has 13 rings (SSSR count). The summed E-state index contributed by atoms with van der Waals surface area (Å²) in [6, 6.07) is 97.6. The normalized spacial score (nSPS) is 11.4. The molecule has 0 saturated carbocycles. The monoisotopic (exact) mass is 895 g/mol. The quantitative estimate of drug-likeness (QED) is 0.137. The van der Waals surface area contributed by atoms with E-state index in [-0.39, 0.29) is 0 Å². The summed E-state index contributed by atoms with van der Waals surface area (Å²) in [7, 11) is 0. The van der Waals surface area contributed by atoms with Crippen LogP contribution in [0.25, 0.3) is 82.8 Å². The second-order valence-electron chi connectivity index (χ2n) is 17.7. The van der Waals surface area contributed by atoms with Crippen LogP contribution in [0, 0.1) is 0 Å². The number of benzene rings is 11. The van der Waals surface area contributed by atoms with Crippen LogP contribution in [0.1, 0.15) is 0 Å². The minimum absolute atomic E-state index is 0.899. The molecule has 330 valence electrons. The van der Waals surface area contributed by atoms with E-state index in [1.54, 1.807) is 0 Å². The summed E-state index contributed by atoms with van der Waals surface area (Å²) in [5.74, 6) is 0. The molecule has 13 aromatic rings. The Balaban J connectivity index is 0.859. The molecule has 2 heterocycles. The highest BCUT2D eigenvalue weighted by Gasteiger charge is 2.18. The molecular weight excluding hydrogens is 851 g/mol. The zero-order valence-corrected chi connectivity index (χ0v) is 38.2. The molecule has 4 heteroatoms. The van der Waals surface area contributed by atoms with Gasteiger partial charge in [0.1, 0.15) is 11.2 Å². The van der Waals surface area contributed by atoms with Gasteiger partial charge in [0.15, 0.2) is 0 Å². The molecule has 0 aliphatic rings. The average molecular weight is 896 g/mol.